The molecule has 0 heterocycles. The van der Waals surface area contributed by atoms with Crippen LogP contribution in [0.4, 0.5) is 8.78 Å². The van der Waals surface area contributed by atoms with Crippen LogP contribution in [-0.4, -0.2) is 18.0 Å². The zero-order chi connectivity index (χ0) is 14.5. The van der Waals surface area contributed by atoms with Crippen molar-refractivity contribution >= 4 is 18.3 Å². The number of amides is 1. The maximum absolute atomic E-state index is 13.4. The van der Waals surface area contributed by atoms with E-state index in [2.05, 4.69) is 5.32 Å². The number of rotatable bonds is 6. The van der Waals surface area contributed by atoms with Gasteiger partial charge in [0.2, 0.25) is 5.91 Å². The van der Waals surface area contributed by atoms with Crippen LogP contribution >= 0.6 is 12.4 Å². The first-order valence-corrected chi connectivity index (χ1v) is 6.39. The molecule has 1 aromatic carbocycles. The Hall–Kier alpha value is -1.20. The second kappa shape index (κ2) is 8.17. The molecule has 0 radical (unpaired) electrons. The summed E-state index contributed by atoms with van der Waals surface area (Å²) in [6, 6.07) is 3.07. The first kappa shape index (κ1) is 18.8. The van der Waals surface area contributed by atoms with E-state index < -0.39 is 17.2 Å². The molecule has 6 heteroatoms. The lowest BCUT2D eigenvalue weighted by Gasteiger charge is -2.26. The molecule has 0 unspecified atom stereocenters. The summed E-state index contributed by atoms with van der Waals surface area (Å²) in [5.41, 5.74) is 5.64. The van der Waals surface area contributed by atoms with Crippen LogP contribution in [0.2, 0.25) is 0 Å². The monoisotopic (exact) mass is 306 g/mol. The third-order valence-electron chi connectivity index (χ3n) is 3.40. The van der Waals surface area contributed by atoms with Gasteiger partial charge < -0.3 is 11.1 Å². The Balaban J connectivity index is 0.00000361. The summed E-state index contributed by atoms with van der Waals surface area (Å²) in [6.45, 7) is 4.22. The van der Waals surface area contributed by atoms with Gasteiger partial charge in [0.05, 0.1) is 6.42 Å². The maximum Gasteiger partial charge on any atom is 0.224 e. The van der Waals surface area contributed by atoms with Crippen molar-refractivity contribution in [1.29, 1.82) is 0 Å². The predicted octanol–water partition coefficient (Wildman–Crippen LogP) is 2.56. The second-order valence-electron chi connectivity index (χ2n) is 4.76. The summed E-state index contributed by atoms with van der Waals surface area (Å²) in [7, 11) is 0. The number of carbonyl (C=O) groups is 1. The topological polar surface area (TPSA) is 55.1 Å². The van der Waals surface area contributed by atoms with Crippen molar-refractivity contribution in [3.05, 3.63) is 35.4 Å². The molecule has 0 aliphatic rings. The van der Waals surface area contributed by atoms with Crippen LogP contribution in [0, 0.1) is 11.6 Å². The van der Waals surface area contributed by atoms with E-state index in [0.717, 1.165) is 31.0 Å². The summed E-state index contributed by atoms with van der Waals surface area (Å²) in [4.78, 5) is 11.7. The Morgan fingerprint density at radius 1 is 1.30 bits per heavy atom. The minimum atomic E-state index is -0.582. The van der Waals surface area contributed by atoms with Crippen molar-refractivity contribution in [2.75, 3.05) is 6.54 Å². The van der Waals surface area contributed by atoms with Crippen LogP contribution < -0.4 is 11.1 Å². The molecule has 1 rings (SSSR count). The Kier molecular flexibility index (Phi) is 7.68. The van der Waals surface area contributed by atoms with Gasteiger partial charge in [0, 0.05) is 17.6 Å². The standard InChI is InChI=1S/C14H20F2N2O.ClH/c1-3-14(17,4-2)9-18-13(19)8-10-7-11(15)5-6-12(10)16;/h5-7H,3-4,8-9,17H2,1-2H3,(H,18,19);1H. The fourth-order valence-electron chi connectivity index (χ4n) is 1.69. The average Bonchev–Trinajstić information content (AvgIpc) is 2.40. The van der Waals surface area contributed by atoms with Crippen LogP contribution in [0.3, 0.4) is 0 Å². The highest BCUT2D eigenvalue weighted by Gasteiger charge is 2.21. The maximum atomic E-state index is 13.4. The van der Waals surface area contributed by atoms with Gasteiger partial charge in [-0.25, -0.2) is 8.78 Å². The van der Waals surface area contributed by atoms with Crippen molar-refractivity contribution in [2.45, 2.75) is 38.6 Å². The molecular weight excluding hydrogens is 286 g/mol. The second-order valence-corrected chi connectivity index (χ2v) is 4.76. The number of nitrogens with two attached hydrogens (primary N) is 1. The molecule has 0 bridgehead atoms. The number of hydrogen-bond donors (Lipinski definition) is 2. The van der Waals surface area contributed by atoms with E-state index in [-0.39, 0.29) is 30.3 Å². The van der Waals surface area contributed by atoms with Crippen molar-refractivity contribution in [2.24, 2.45) is 5.73 Å². The van der Waals surface area contributed by atoms with Gasteiger partial charge >= 0.3 is 0 Å². The first-order chi connectivity index (χ1) is 8.90. The summed E-state index contributed by atoms with van der Waals surface area (Å²) in [5, 5.41) is 2.67. The van der Waals surface area contributed by atoms with Gasteiger partial charge in [0.15, 0.2) is 0 Å². The van der Waals surface area contributed by atoms with Gasteiger partial charge in [0.25, 0.3) is 0 Å². The smallest absolute Gasteiger partial charge is 0.224 e. The van der Waals surface area contributed by atoms with Crippen molar-refractivity contribution < 1.29 is 13.6 Å². The molecule has 3 nitrogen and oxygen atoms in total. The summed E-state index contributed by atoms with van der Waals surface area (Å²) in [5.74, 6) is -1.50. The third kappa shape index (κ3) is 5.43. The molecule has 0 fully saturated rings. The van der Waals surface area contributed by atoms with Crippen LogP contribution in [-0.2, 0) is 11.2 Å². The molecule has 0 aromatic heterocycles. The molecular formula is C14H21ClF2N2O. The fraction of sp³-hybridized carbons (Fsp3) is 0.500. The van der Waals surface area contributed by atoms with Gasteiger partial charge in [-0.05, 0) is 31.0 Å². The Morgan fingerprint density at radius 3 is 2.45 bits per heavy atom. The van der Waals surface area contributed by atoms with E-state index in [9.17, 15) is 13.6 Å². The Labute approximate surface area is 124 Å². The molecule has 0 atom stereocenters. The molecule has 0 saturated heterocycles. The van der Waals surface area contributed by atoms with E-state index in [0.29, 0.717) is 6.54 Å². The zero-order valence-electron chi connectivity index (χ0n) is 11.7. The van der Waals surface area contributed by atoms with Crippen LogP contribution in [0.5, 0.6) is 0 Å². The van der Waals surface area contributed by atoms with E-state index in [1.54, 1.807) is 0 Å². The van der Waals surface area contributed by atoms with E-state index in [1.165, 1.54) is 0 Å². The first-order valence-electron chi connectivity index (χ1n) is 6.39. The van der Waals surface area contributed by atoms with Crippen molar-refractivity contribution in [1.82, 2.24) is 5.32 Å². The van der Waals surface area contributed by atoms with E-state index in [4.69, 9.17) is 5.73 Å². The highest BCUT2D eigenvalue weighted by atomic mass is 35.5. The third-order valence-corrected chi connectivity index (χ3v) is 3.40. The lowest BCUT2D eigenvalue weighted by molar-refractivity contribution is -0.120. The zero-order valence-corrected chi connectivity index (χ0v) is 12.5. The summed E-state index contributed by atoms with van der Waals surface area (Å²) < 4.78 is 26.3. The Morgan fingerprint density at radius 2 is 1.90 bits per heavy atom. The SMILES string of the molecule is CCC(N)(CC)CNC(=O)Cc1cc(F)ccc1F.Cl. The number of nitrogens with one attached hydrogen (secondary N) is 1. The molecule has 1 amide bonds. The highest BCUT2D eigenvalue weighted by molar-refractivity contribution is 5.85. The van der Waals surface area contributed by atoms with Crippen LogP contribution in [0.15, 0.2) is 18.2 Å². The van der Waals surface area contributed by atoms with E-state index >= 15 is 0 Å². The van der Waals surface area contributed by atoms with E-state index in [1.807, 2.05) is 13.8 Å². The molecule has 0 spiro atoms. The van der Waals surface area contributed by atoms with Gasteiger partial charge in [-0.15, -0.1) is 12.4 Å². The fourth-order valence-corrected chi connectivity index (χ4v) is 1.69. The lowest BCUT2D eigenvalue weighted by atomic mass is 9.94. The number of halogens is 3. The molecule has 3 N–H and O–H groups in total. The minimum Gasteiger partial charge on any atom is -0.354 e. The van der Waals surface area contributed by atoms with Crippen molar-refractivity contribution in [3.8, 4) is 0 Å². The summed E-state index contributed by atoms with van der Waals surface area (Å²) >= 11 is 0. The van der Waals surface area contributed by atoms with Gasteiger partial charge in [-0.1, -0.05) is 13.8 Å². The molecule has 20 heavy (non-hydrogen) atoms. The van der Waals surface area contributed by atoms with Crippen molar-refractivity contribution in [3.63, 3.8) is 0 Å². The minimum absolute atomic E-state index is 0. The number of carbonyl (C=O) groups excluding carboxylic acids is 1. The van der Waals surface area contributed by atoms with Gasteiger partial charge in [-0.3, -0.25) is 4.79 Å². The van der Waals surface area contributed by atoms with Crippen LogP contribution in [0.25, 0.3) is 0 Å². The highest BCUT2D eigenvalue weighted by Crippen LogP contribution is 2.12. The summed E-state index contributed by atoms with van der Waals surface area (Å²) in [6.07, 6.45) is 1.28. The quantitative estimate of drug-likeness (QED) is 0.848. The molecule has 0 aliphatic heterocycles. The molecule has 0 saturated carbocycles. The van der Waals surface area contributed by atoms with Crippen LogP contribution in [0.1, 0.15) is 32.3 Å². The Bertz CT molecular complexity index is 451. The largest absolute Gasteiger partial charge is 0.354 e. The lowest BCUT2D eigenvalue weighted by Crippen LogP contribution is -2.49. The number of benzene rings is 1. The number of hydrogen-bond acceptors (Lipinski definition) is 2. The van der Waals surface area contributed by atoms with Gasteiger partial charge in [-0.2, -0.15) is 0 Å². The predicted molar refractivity (Wildman–Crippen MR) is 77.8 cm³/mol. The molecule has 1 aromatic rings. The normalized spacial score (nSPS) is 10.8. The average molecular weight is 307 g/mol. The molecule has 0 aliphatic carbocycles. The molecule has 114 valence electrons. The van der Waals surface area contributed by atoms with Gasteiger partial charge in [0.1, 0.15) is 11.6 Å².